The molecule has 0 aliphatic carbocycles. The Morgan fingerprint density at radius 2 is 2.00 bits per heavy atom. The number of aromatic nitrogens is 1. The molecule has 2 amide bonds. The predicted octanol–water partition coefficient (Wildman–Crippen LogP) is 3.81. The van der Waals surface area contributed by atoms with Gasteiger partial charge >= 0.3 is 0 Å². The van der Waals surface area contributed by atoms with Crippen molar-refractivity contribution in [2.45, 2.75) is 31.1 Å². The van der Waals surface area contributed by atoms with Crippen molar-refractivity contribution in [2.75, 3.05) is 23.0 Å². The van der Waals surface area contributed by atoms with Crippen molar-refractivity contribution in [3.63, 3.8) is 0 Å². The van der Waals surface area contributed by atoms with Crippen LogP contribution in [0.1, 0.15) is 31.7 Å². The second-order valence-electron chi connectivity index (χ2n) is 8.07. The molecular formula is C22H23N3O4S2. The number of fused-ring (bicyclic) bond motifs is 1. The number of nitrogens with zero attached hydrogens (tertiary/aromatic N) is 2. The van der Waals surface area contributed by atoms with Crippen LogP contribution in [0.2, 0.25) is 0 Å². The number of carbonyl (C=O) groups excluding carboxylic acids is 2. The zero-order valence-corrected chi connectivity index (χ0v) is 19.1. The molecule has 1 atom stereocenters. The van der Waals surface area contributed by atoms with E-state index in [1.54, 1.807) is 17.0 Å². The summed E-state index contributed by atoms with van der Waals surface area (Å²) in [6, 6.07) is 12.5. The van der Waals surface area contributed by atoms with E-state index < -0.39 is 15.8 Å². The molecule has 0 saturated carbocycles. The van der Waals surface area contributed by atoms with Gasteiger partial charge in [-0.05, 0) is 41.8 Å². The molecule has 1 aliphatic heterocycles. The number of rotatable bonds is 5. The summed E-state index contributed by atoms with van der Waals surface area (Å²) in [6.07, 6.45) is 1.29. The molecule has 3 aromatic rings. The Morgan fingerprint density at radius 3 is 2.71 bits per heavy atom. The number of hydrogen-bond acceptors (Lipinski definition) is 6. The third-order valence-electron chi connectivity index (χ3n) is 5.36. The van der Waals surface area contributed by atoms with Gasteiger partial charge in [-0.2, -0.15) is 0 Å². The molecule has 1 N–H and O–H groups in total. The number of nitrogens with one attached hydrogen (secondary N) is 1. The van der Waals surface area contributed by atoms with Crippen LogP contribution in [-0.2, 0) is 19.4 Å². The van der Waals surface area contributed by atoms with Crippen molar-refractivity contribution in [1.82, 2.24) is 4.98 Å². The van der Waals surface area contributed by atoms with E-state index in [0.29, 0.717) is 27.8 Å². The highest BCUT2D eigenvalue weighted by atomic mass is 32.2. The fourth-order valence-electron chi connectivity index (χ4n) is 3.58. The molecule has 9 heteroatoms. The molecule has 162 valence electrons. The molecule has 1 saturated heterocycles. The lowest BCUT2D eigenvalue weighted by molar-refractivity contribution is -0.122. The number of hydrogen-bond donors (Lipinski definition) is 1. The summed E-state index contributed by atoms with van der Waals surface area (Å²) in [5.41, 5.74) is 2.56. The molecule has 1 fully saturated rings. The second kappa shape index (κ2) is 8.05. The first-order chi connectivity index (χ1) is 14.6. The van der Waals surface area contributed by atoms with Gasteiger partial charge in [-0.15, -0.1) is 0 Å². The van der Waals surface area contributed by atoms with E-state index in [9.17, 15) is 18.0 Å². The molecule has 1 unspecified atom stereocenters. The Kier molecular flexibility index (Phi) is 5.57. The van der Waals surface area contributed by atoms with Crippen LogP contribution in [0.5, 0.6) is 0 Å². The van der Waals surface area contributed by atoms with Crippen molar-refractivity contribution < 1.29 is 18.0 Å². The number of carbonyl (C=O) groups is 2. The molecule has 2 aromatic carbocycles. The van der Waals surface area contributed by atoms with Crippen molar-refractivity contribution in [3.8, 4) is 0 Å². The van der Waals surface area contributed by atoms with E-state index in [0.717, 1.165) is 17.5 Å². The molecule has 1 aromatic heterocycles. The Morgan fingerprint density at radius 1 is 1.23 bits per heavy atom. The van der Waals surface area contributed by atoms with Crippen LogP contribution in [0, 0.1) is 5.92 Å². The van der Waals surface area contributed by atoms with E-state index in [1.807, 2.05) is 24.3 Å². The van der Waals surface area contributed by atoms with Crippen LogP contribution in [0.25, 0.3) is 10.2 Å². The smallest absolute Gasteiger partial charge is 0.231 e. The number of benzene rings is 2. The van der Waals surface area contributed by atoms with E-state index in [4.69, 9.17) is 0 Å². The molecule has 1 aliphatic rings. The summed E-state index contributed by atoms with van der Waals surface area (Å²) in [5, 5.41) is 3.18. The molecule has 0 radical (unpaired) electrons. The van der Waals surface area contributed by atoms with Crippen molar-refractivity contribution in [1.29, 1.82) is 0 Å². The zero-order chi connectivity index (χ0) is 22.3. The minimum absolute atomic E-state index is 0.0804. The van der Waals surface area contributed by atoms with Crippen LogP contribution in [0.15, 0.2) is 47.4 Å². The van der Waals surface area contributed by atoms with Gasteiger partial charge in [-0.1, -0.05) is 37.3 Å². The SMILES string of the molecule is CC(C)c1cccc(N2CC(C(=O)Nc3nc4ccc(S(C)(=O)=O)cc4s3)CC2=O)c1. The Bertz CT molecular complexity index is 1280. The highest BCUT2D eigenvalue weighted by Gasteiger charge is 2.35. The standard InChI is InChI=1S/C22H23N3O4S2/c1-13(2)14-5-4-6-16(9-14)25-12-15(10-20(25)26)21(27)24-22-23-18-8-7-17(31(3,28)29)11-19(18)30-22/h4-9,11,13,15H,10,12H2,1-3H3,(H,23,24,27). The molecule has 0 bridgehead atoms. The maximum atomic E-state index is 12.8. The van der Waals surface area contributed by atoms with E-state index in [1.165, 1.54) is 17.4 Å². The van der Waals surface area contributed by atoms with Gasteiger partial charge in [0, 0.05) is 24.9 Å². The third-order valence-corrected chi connectivity index (χ3v) is 7.41. The van der Waals surface area contributed by atoms with Gasteiger partial charge in [0.1, 0.15) is 0 Å². The van der Waals surface area contributed by atoms with Crippen LogP contribution < -0.4 is 10.2 Å². The highest BCUT2D eigenvalue weighted by molar-refractivity contribution is 7.90. The lowest BCUT2D eigenvalue weighted by Gasteiger charge is -2.18. The maximum Gasteiger partial charge on any atom is 0.231 e. The van der Waals surface area contributed by atoms with Gasteiger partial charge in [-0.3, -0.25) is 9.59 Å². The quantitative estimate of drug-likeness (QED) is 0.628. The van der Waals surface area contributed by atoms with E-state index in [-0.39, 0.29) is 23.1 Å². The van der Waals surface area contributed by atoms with Crippen molar-refractivity contribution in [2.24, 2.45) is 5.92 Å². The van der Waals surface area contributed by atoms with E-state index >= 15 is 0 Å². The summed E-state index contributed by atoms with van der Waals surface area (Å²) in [7, 11) is -3.32. The molecule has 2 heterocycles. The average Bonchev–Trinajstić information content (AvgIpc) is 3.29. The molecular weight excluding hydrogens is 434 g/mol. The van der Waals surface area contributed by atoms with Gasteiger partial charge in [-0.25, -0.2) is 13.4 Å². The summed E-state index contributed by atoms with van der Waals surface area (Å²) in [4.78, 5) is 31.6. The Labute approximate surface area is 185 Å². The van der Waals surface area contributed by atoms with Crippen molar-refractivity contribution in [3.05, 3.63) is 48.0 Å². The first-order valence-electron chi connectivity index (χ1n) is 9.93. The van der Waals surface area contributed by atoms with Gasteiger partial charge < -0.3 is 10.2 Å². The second-order valence-corrected chi connectivity index (χ2v) is 11.1. The predicted molar refractivity (Wildman–Crippen MR) is 122 cm³/mol. The van der Waals surface area contributed by atoms with Gasteiger partial charge in [0.15, 0.2) is 15.0 Å². The van der Waals surface area contributed by atoms with Crippen LogP contribution >= 0.6 is 11.3 Å². The van der Waals surface area contributed by atoms with Crippen LogP contribution in [-0.4, -0.2) is 38.0 Å². The largest absolute Gasteiger partial charge is 0.312 e. The monoisotopic (exact) mass is 457 g/mol. The highest BCUT2D eigenvalue weighted by Crippen LogP contribution is 2.31. The minimum atomic E-state index is -3.32. The number of sulfone groups is 1. The van der Waals surface area contributed by atoms with Gasteiger partial charge in [0.2, 0.25) is 11.8 Å². The molecule has 0 spiro atoms. The van der Waals surface area contributed by atoms with Crippen molar-refractivity contribution >= 4 is 54.0 Å². The third kappa shape index (κ3) is 4.47. The number of thiazole rings is 1. The first-order valence-corrected chi connectivity index (χ1v) is 12.6. The molecule has 7 nitrogen and oxygen atoms in total. The minimum Gasteiger partial charge on any atom is -0.312 e. The average molecular weight is 458 g/mol. The van der Waals surface area contributed by atoms with Gasteiger partial charge in [0.05, 0.1) is 21.0 Å². The zero-order valence-electron chi connectivity index (χ0n) is 17.5. The summed E-state index contributed by atoms with van der Waals surface area (Å²) < 4.78 is 24.2. The van der Waals surface area contributed by atoms with Gasteiger partial charge in [0.25, 0.3) is 0 Å². The lowest BCUT2D eigenvalue weighted by atomic mass is 10.0. The normalized spacial score (nSPS) is 17.0. The Balaban J connectivity index is 1.49. The fourth-order valence-corrected chi connectivity index (χ4v) is 5.21. The van der Waals surface area contributed by atoms with E-state index in [2.05, 4.69) is 24.1 Å². The van der Waals surface area contributed by atoms with Crippen LogP contribution in [0.3, 0.4) is 0 Å². The topological polar surface area (TPSA) is 96.4 Å². The summed E-state index contributed by atoms with van der Waals surface area (Å²) >= 11 is 1.21. The summed E-state index contributed by atoms with van der Waals surface area (Å²) in [6.45, 7) is 4.51. The fraction of sp³-hybridized carbons (Fsp3) is 0.318. The number of anilines is 2. The van der Waals surface area contributed by atoms with Crippen LogP contribution in [0.4, 0.5) is 10.8 Å². The maximum absolute atomic E-state index is 12.8. The number of amides is 2. The molecule has 4 rings (SSSR count). The summed E-state index contributed by atoms with van der Waals surface area (Å²) in [5.74, 6) is -0.478. The molecule has 31 heavy (non-hydrogen) atoms. The Hall–Kier alpha value is -2.78. The lowest BCUT2D eigenvalue weighted by Crippen LogP contribution is -2.28. The first kappa shape index (κ1) is 21.5.